The molecule has 1 aliphatic heterocycles. The zero-order chi connectivity index (χ0) is 5.56. The molecule has 2 heteroatoms. The van der Waals surface area contributed by atoms with E-state index in [0.717, 1.165) is 16.8 Å². The Labute approximate surface area is 46.4 Å². The third-order valence-corrected chi connectivity index (χ3v) is 1.26. The van der Waals surface area contributed by atoms with Gasteiger partial charge in [0.15, 0.2) is 0 Å². The van der Waals surface area contributed by atoms with Gasteiger partial charge in [-0.25, -0.2) is 0 Å². The fraction of sp³-hybridized carbons (Fsp3) is 0. The molecular formula is C6H2N2. The second-order valence-corrected chi connectivity index (χ2v) is 1.69. The maximum atomic E-state index is 8.29. The van der Waals surface area contributed by atoms with E-state index in [0.29, 0.717) is 0 Å². The first-order valence-corrected chi connectivity index (χ1v) is 2.33. The highest BCUT2D eigenvalue weighted by atomic mass is 14.7. The summed E-state index contributed by atoms with van der Waals surface area (Å²) in [6.07, 6.45) is 1.71. The summed E-state index contributed by atoms with van der Waals surface area (Å²) in [7, 11) is 0. The van der Waals surface area contributed by atoms with Gasteiger partial charge in [0.05, 0.1) is 11.3 Å². The fourth-order valence-electron chi connectivity index (χ4n) is 0.787. The van der Waals surface area contributed by atoms with E-state index in [-0.39, 0.29) is 0 Å². The Balaban J connectivity index is 2.68. The molecule has 1 heterocycles. The lowest BCUT2D eigenvalue weighted by Crippen LogP contribution is -1.51. The number of fused-ring (bicyclic) bond motifs is 1. The highest BCUT2D eigenvalue weighted by molar-refractivity contribution is 5.89. The van der Waals surface area contributed by atoms with Crippen LogP contribution in [0.4, 0.5) is 0 Å². The van der Waals surface area contributed by atoms with E-state index in [1.807, 2.05) is 12.1 Å². The molecule has 0 atom stereocenters. The summed E-state index contributed by atoms with van der Waals surface area (Å²) in [6, 6.07) is 3.89. The Bertz CT molecular complexity index is 263. The van der Waals surface area contributed by atoms with Crippen LogP contribution < -0.4 is 0 Å². The number of aromatic nitrogens is 1. The molecule has 0 aromatic rings. The van der Waals surface area contributed by atoms with Crippen molar-refractivity contribution in [2.45, 2.75) is 0 Å². The molecule has 0 fully saturated rings. The van der Waals surface area contributed by atoms with Crippen molar-refractivity contribution < 1.29 is 0 Å². The van der Waals surface area contributed by atoms with Crippen LogP contribution in [0.5, 0.6) is 0 Å². The van der Waals surface area contributed by atoms with Crippen molar-refractivity contribution in [2.75, 3.05) is 0 Å². The Hall–Kier alpha value is -1.36. The fourth-order valence-corrected chi connectivity index (χ4v) is 0.787. The van der Waals surface area contributed by atoms with Gasteiger partial charge in [-0.1, -0.05) is 0 Å². The van der Waals surface area contributed by atoms with Gasteiger partial charge in [-0.3, -0.25) is 4.98 Å². The number of hydrogen-bond donors (Lipinski definition) is 0. The summed E-state index contributed by atoms with van der Waals surface area (Å²) in [5.41, 5.74) is 2.70. The molecule has 0 spiro atoms. The van der Waals surface area contributed by atoms with Crippen LogP contribution in [-0.2, 0) is 0 Å². The molecule has 0 aromatic heterocycles. The van der Waals surface area contributed by atoms with Crippen molar-refractivity contribution >= 4 is 0 Å². The molecule has 0 N–H and O–H groups in total. The number of rotatable bonds is 0. The van der Waals surface area contributed by atoms with Gasteiger partial charge in [0.2, 0.25) is 0 Å². The molecule has 2 nitrogen and oxygen atoms in total. The molecule has 8 heavy (non-hydrogen) atoms. The van der Waals surface area contributed by atoms with Crippen LogP contribution in [0.1, 0.15) is 5.56 Å². The second kappa shape index (κ2) is 0.896. The lowest BCUT2D eigenvalue weighted by molar-refractivity contribution is 1.44. The molecule has 2 aliphatic rings. The van der Waals surface area contributed by atoms with Crippen LogP contribution in [0.15, 0.2) is 12.3 Å². The monoisotopic (exact) mass is 102 g/mol. The van der Waals surface area contributed by atoms with Crippen LogP contribution in [0.2, 0.25) is 0 Å². The Morgan fingerprint density at radius 2 is 2.50 bits per heavy atom. The van der Waals surface area contributed by atoms with Crippen molar-refractivity contribution in [3.63, 3.8) is 0 Å². The third-order valence-electron chi connectivity index (χ3n) is 1.26. The van der Waals surface area contributed by atoms with E-state index in [4.69, 9.17) is 5.26 Å². The van der Waals surface area contributed by atoms with Gasteiger partial charge in [0, 0.05) is 11.8 Å². The molecular weight excluding hydrogens is 100 g/mol. The minimum atomic E-state index is 0.771. The number of pyridine rings is 1. The smallest absolute Gasteiger partial charge is 0.102 e. The Morgan fingerprint density at radius 1 is 1.62 bits per heavy atom. The molecule has 36 valence electrons. The Kier molecular flexibility index (Phi) is 0.405. The summed E-state index contributed by atoms with van der Waals surface area (Å²) >= 11 is 0. The summed E-state index contributed by atoms with van der Waals surface area (Å²) in [5, 5.41) is 8.29. The number of hydrogen-bond acceptors (Lipinski definition) is 2. The van der Waals surface area contributed by atoms with Gasteiger partial charge < -0.3 is 0 Å². The largest absolute Gasteiger partial charge is 0.255 e. The van der Waals surface area contributed by atoms with Crippen LogP contribution in [0.3, 0.4) is 0 Å². The highest BCUT2D eigenvalue weighted by Crippen LogP contribution is 2.38. The summed E-state index contributed by atoms with van der Waals surface area (Å²) in [6.45, 7) is 0. The number of nitriles is 1. The first kappa shape index (κ1) is 3.62. The van der Waals surface area contributed by atoms with Gasteiger partial charge >= 0.3 is 0 Å². The standard InChI is InChI=1S/C6H2N2/c7-3-5-4-1-2-8-6(4)5/h1-2H. The number of nitrogens with zero attached hydrogens (tertiary/aromatic N) is 2. The van der Waals surface area contributed by atoms with Gasteiger partial charge in [0.25, 0.3) is 0 Å². The summed E-state index contributed by atoms with van der Waals surface area (Å²) in [5.74, 6) is 0. The normalized spacial score (nSPS) is 10.4. The van der Waals surface area contributed by atoms with E-state index >= 15 is 0 Å². The maximum absolute atomic E-state index is 8.29. The van der Waals surface area contributed by atoms with Crippen LogP contribution >= 0.6 is 0 Å². The van der Waals surface area contributed by atoms with Crippen LogP contribution in [-0.4, -0.2) is 4.98 Å². The molecule has 1 aliphatic carbocycles. The van der Waals surface area contributed by atoms with Crippen molar-refractivity contribution in [3.05, 3.63) is 17.8 Å². The van der Waals surface area contributed by atoms with Crippen molar-refractivity contribution in [1.29, 1.82) is 5.26 Å². The predicted octanol–water partition coefficient (Wildman–Crippen LogP) is 0.934. The minimum Gasteiger partial charge on any atom is -0.255 e. The molecule has 0 saturated carbocycles. The molecule has 0 aromatic carbocycles. The molecule has 0 bridgehead atoms. The van der Waals surface area contributed by atoms with E-state index in [1.165, 1.54) is 0 Å². The van der Waals surface area contributed by atoms with Gasteiger partial charge in [-0.05, 0) is 6.07 Å². The zero-order valence-electron chi connectivity index (χ0n) is 4.05. The van der Waals surface area contributed by atoms with E-state index in [2.05, 4.69) is 4.98 Å². The Morgan fingerprint density at radius 3 is 2.88 bits per heavy atom. The topological polar surface area (TPSA) is 36.7 Å². The first-order chi connectivity index (χ1) is 3.93. The molecule has 0 radical (unpaired) electrons. The quantitative estimate of drug-likeness (QED) is 0.496. The predicted molar refractivity (Wildman–Crippen MR) is 27.9 cm³/mol. The molecule has 0 amide bonds. The van der Waals surface area contributed by atoms with Crippen molar-refractivity contribution in [3.8, 4) is 17.3 Å². The molecule has 0 unspecified atom stereocenters. The second-order valence-electron chi connectivity index (χ2n) is 1.69. The summed E-state index contributed by atoms with van der Waals surface area (Å²) < 4.78 is 0. The van der Waals surface area contributed by atoms with Crippen molar-refractivity contribution in [2.24, 2.45) is 0 Å². The average molecular weight is 102 g/mol. The minimum absolute atomic E-state index is 0.771. The van der Waals surface area contributed by atoms with Gasteiger partial charge in [-0.15, -0.1) is 0 Å². The maximum Gasteiger partial charge on any atom is 0.102 e. The zero-order valence-corrected chi connectivity index (χ0v) is 4.05. The molecule has 2 rings (SSSR count). The lowest BCUT2D eigenvalue weighted by atomic mass is 10.5. The third kappa shape index (κ3) is 0.222. The molecule has 0 saturated heterocycles. The van der Waals surface area contributed by atoms with Crippen LogP contribution in [0, 0.1) is 11.3 Å². The lowest BCUT2D eigenvalue weighted by Gasteiger charge is -1.56. The van der Waals surface area contributed by atoms with E-state index in [1.54, 1.807) is 6.20 Å². The van der Waals surface area contributed by atoms with Gasteiger partial charge in [-0.2, -0.15) is 5.26 Å². The van der Waals surface area contributed by atoms with Crippen LogP contribution in [0.25, 0.3) is 11.3 Å². The van der Waals surface area contributed by atoms with E-state index < -0.39 is 0 Å². The van der Waals surface area contributed by atoms with E-state index in [9.17, 15) is 0 Å². The average Bonchev–Trinajstić information content (AvgIpc) is 2.22. The van der Waals surface area contributed by atoms with Crippen molar-refractivity contribution in [1.82, 2.24) is 4.98 Å². The summed E-state index contributed by atoms with van der Waals surface area (Å²) in [4.78, 5) is 3.90. The first-order valence-electron chi connectivity index (χ1n) is 2.33. The SMILES string of the molecule is N#Cc1c2ccnc1-2. The van der Waals surface area contributed by atoms with Gasteiger partial charge in [0.1, 0.15) is 6.07 Å². The highest BCUT2D eigenvalue weighted by Gasteiger charge is 2.24.